The Kier molecular flexibility index (Phi) is 20.1. The summed E-state index contributed by atoms with van der Waals surface area (Å²) in [5.41, 5.74) is 5.94. The third-order valence-corrected chi connectivity index (χ3v) is 36.6. The molecule has 12 nitrogen and oxygen atoms in total. The molecule has 6 saturated carbocycles. The Balaban J connectivity index is 0.000000213. The van der Waals surface area contributed by atoms with E-state index in [0.717, 1.165) is 116 Å². The first-order chi connectivity index (χ1) is 42.2. The number of aromatic nitrogens is 4. The molecule has 4 bridgehead atoms. The molecule has 4 heterocycles. The lowest BCUT2D eigenvalue weighted by atomic mass is 9.54. The Labute approximate surface area is 550 Å². The van der Waals surface area contributed by atoms with Gasteiger partial charge in [0, 0.05) is 69.3 Å². The lowest BCUT2D eigenvalue weighted by Gasteiger charge is -2.58. The highest BCUT2D eigenvalue weighted by Crippen LogP contribution is 2.62. The molecule has 2 aromatic carbocycles. The van der Waals surface area contributed by atoms with Crippen LogP contribution in [0.3, 0.4) is 0 Å². The number of ketones is 1. The number of nitrogens with zero attached hydrogens (tertiary/aromatic N) is 6. The second-order valence-electron chi connectivity index (χ2n) is 31.5. The number of carbonyl (C=O) groups is 3. The van der Waals surface area contributed by atoms with Gasteiger partial charge in [0.2, 0.25) is 0 Å². The summed E-state index contributed by atoms with van der Waals surface area (Å²) in [7, 11) is -4.13. The predicted octanol–water partition coefficient (Wildman–Crippen LogP) is 20.7. The van der Waals surface area contributed by atoms with Crippen LogP contribution in [0.25, 0.3) is 22.1 Å². The molecule has 6 aliphatic carbocycles. The van der Waals surface area contributed by atoms with Crippen molar-refractivity contribution in [1.29, 1.82) is 0 Å². The van der Waals surface area contributed by atoms with Crippen molar-refractivity contribution >= 4 is 79.7 Å². The Morgan fingerprint density at radius 2 is 0.867 bits per heavy atom. The number of hydrogen-bond acceptors (Lipinski definition) is 8. The molecular weight excluding hydrogens is 1200 g/mol. The summed E-state index contributed by atoms with van der Waals surface area (Å²) in [5.74, 6) is 0.142. The lowest BCUT2D eigenvalue weighted by molar-refractivity contribution is -0.110. The number of ether oxygens (including phenoxy) is 2. The van der Waals surface area contributed by atoms with Crippen molar-refractivity contribution in [2.75, 3.05) is 0 Å². The van der Waals surface area contributed by atoms with Gasteiger partial charge >= 0.3 is 12.2 Å². The molecule has 1 N–H and O–H groups in total. The van der Waals surface area contributed by atoms with Gasteiger partial charge < -0.3 is 23.0 Å². The average Bonchev–Trinajstić information content (AvgIpc) is 1.22. The summed E-state index contributed by atoms with van der Waals surface area (Å²) in [6.07, 6.45) is 16.1. The summed E-state index contributed by atoms with van der Waals surface area (Å²) in [6, 6.07) is 24.6. The smallest absolute Gasteiger partial charge is 0.411 e. The molecule has 6 aliphatic rings. The monoisotopic (exact) mass is 1300 g/mol. The first-order valence-electron chi connectivity index (χ1n) is 33.8. The van der Waals surface area contributed by atoms with E-state index in [1.165, 1.54) is 0 Å². The molecule has 0 spiro atoms. The number of hydrogen-bond donors (Lipinski definition) is 1. The highest BCUT2D eigenvalue weighted by atomic mass is 35.5. The number of halogens is 2. The van der Waals surface area contributed by atoms with Crippen LogP contribution in [0.2, 0.25) is 43.3 Å². The van der Waals surface area contributed by atoms with E-state index in [1.807, 2.05) is 87.7 Å². The minimum Gasteiger partial charge on any atom is -0.444 e. The fourth-order valence-electron chi connectivity index (χ4n) is 18.5. The Morgan fingerprint density at radius 1 is 0.522 bits per heavy atom. The Hall–Kier alpha value is -5.00. The number of carbonyl (C=O) groups excluding carboxylic acids is 3. The second kappa shape index (κ2) is 26.1. The number of amides is 2. The van der Waals surface area contributed by atoms with Crippen molar-refractivity contribution in [1.82, 2.24) is 28.2 Å². The predicted molar refractivity (Wildman–Crippen MR) is 374 cm³/mol. The molecule has 2 amide bonds. The van der Waals surface area contributed by atoms with Crippen molar-refractivity contribution in [2.45, 2.75) is 276 Å². The van der Waals surface area contributed by atoms with Gasteiger partial charge in [-0.25, -0.2) is 19.6 Å². The van der Waals surface area contributed by atoms with Gasteiger partial charge in [0.15, 0.2) is 22.3 Å². The highest BCUT2D eigenvalue weighted by molar-refractivity contribution is 6.83. The van der Waals surface area contributed by atoms with Gasteiger partial charge in [-0.3, -0.25) is 14.6 Å². The number of pyridine rings is 2. The quantitative estimate of drug-likeness (QED) is 0.0665. The van der Waals surface area contributed by atoms with Gasteiger partial charge in [0.1, 0.15) is 22.5 Å². The van der Waals surface area contributed by atoms with E-state index in [4.69, 9.17) is 42.6 Å². The Bertz CT molecular complexity index is 3430. The fraction of sp³-hybridized carbons (Fsp3) is 0.608. The average molecular weight is 1300 g/mol. The maximum absolute atomic E-state index is 14.7. The molecule has 1 atom stereocenters. The van der Waals surface area contributed by atoms with Gasteiger partial charge in [-0.1, -0.05) is 167 Å². The van der Waals surface area contributed by atoms with E-state index in [2.05, 4.69) is 140 Å². The zero-order chi connectivity index (χ0) is 65.9. The lowest BCUT2D eigenvalue weighted by Crippen LogP contribution is -2.60. The second-order valence-corrected chi connectivity index (χ2v) is 43.7. The van der Waals surface area contributed by atoms with Crippen molar-refractivity contribution in [3.05, 3.63) is 130 Å². The van der Waals surface area contributed by atoms with Crippen LogP contribution in [0.4, 0.5) is 9.59 Å². The van der Waals surface area contributed by atoms with E-state index in [0.29, 0.717) is 61.9 Å². The minimum absolute atomic E-state index is 0.142. The number of aliphatic hydroxyl groups is 1. The molecule has 490 valence electrons. The van der Waals surface area contributed by atoms with Gasteiger partial charge in [0.05, 0.1) is 16.1 Å². The van der Waals surface area contributed by atoms with Crippen molar-refractivity contribution in [3.63, 3.8) is 0 Å². The summed E-state index contributed by atoms with van der Waals surface area (Å²) >= 11 is 13.8. The molecule has 4 aromatic heterocycles. The molecular formula is C74H106Cl2N6O6Si2. The number of fused-ring (bicyclic) bond motifs is 8. The first-order valence-corrected chi connectivity index (χ1v) is 38.9. The summed E-state index contributed by atoms with van der Waals surface area (Å²) in [5, 5.41) is 15.2. The van der Waals surface area contributed by atoms with E-state index >= 15 is 0 Å². The maximum atomic E-state index is 14.7. The van der Waals surface area contributed by atoms with Gasteiger partial charge in [-0.2, -0.15) is 0 Å². The molecule has 0 aliphatic heterocycles. The van der Waals surface area contributed by atoms with Crippen LogP contribution < -0.4 is 0 Å². The number of benzene rings is 2. The highest BCUT2D eigenvalue weighted by Gasteiger charge is 2.59. The summed E-state index contributed by atoms with van der Waals surface area (Å²) < 4.78 is 16.9. The van der Waals surface area contributed by atoms with Crippen molar-refractivity contribution in [3.8, 4) is 0 Å². The van der Waals surface area contributed by atoms with Crippen LogP contribution in [0.5, 0.6) is 0 Å². The van der Waals surface area contributed by atoms with Crippen LogP contribution in [0, 0.1) is 10.8 Å². The zero-order valence-corrected chi connectivity index (χ0v) is 61.1. The van der Waals surface area contributed by atoms with Crippen molar-refractivity contribution in [2.24, 2.45) is 10.8 Å². The van der Waals surface area contributed by atoms with Gasteiger partial charge in [0.25, 0.3) is 0 Å². The number of rotatable bonds is 18. The third-order valence-electron chi connectivity index (χ3n) is 22.5. The fourth-order valence-corrected chi connectivity index (χ4v) is 32.0. The largest absolute Gasteiger partial charge is 0.444 e. The summed E-state index contributed by atoms with van der Waals surface area (Å²) in [4.78, 5) is 55.9. The zero-order valence-electron chi connectivity index (χ0n) is 57.6. The van der Waals surface area contributed by atoms with Crippen molar-refractivity contribution < 1.29 is 29.0 Å². The maximum Gasteiger partial charge on any atom is 0.411 e. The number of aliphatic hydroxyl groups excluding tert-OH is 1. The first kappa shape index (κ1) is 69.3. The summed E-state index contributed by atoms with van der Waals surface area (Å²) in [6.45, 7) is 40.7. The molecule has 0 radical (unpaired) electrons. The standard InChI is InChI=1S/C37H54ClN3O3Si.C37H52ClN3O3Si/c2*1-25(2)45(26(3)4,27(5)6)41-22-15-29-31(30(38)23-39-33(29)41)32(42)36-16-19-37(20-17-36,21-18-36)40(34(43)44-35(7,8)9)24-28-13-11-10-12-14-28/h10-15,22-23,25-27,32,42H,16-21,24H2,1-9H3;10-15,22-23,25-27H,16-21,24H2,1-9H3. The normalized spacial score (nSPS) is 22.5. The molecule has 1 unspecified atom stereocenters. The van der Waals surface area contributed by atoms with Gasteiger partial charge in [-0.05, 0) is 187 Å². The van der Waals surface area contributed by atoms with Crippen LogP contribution in [-0.2, 0) is 22.6 Å². The van der Waals surface area contributed by atoms with E-state index in [9.17, 15) is 19.5 Å². The van der Waals surface area contributed by atoms with E-state index < -0.39 is 39.2 Å². The van der Waals surface area contributed by atoms with Gasteiger partial charge in [-0.15, -0.1) is 0 Å². The Morgan fingerprint density at radius 3 is 1.23 bits per heavy atom. The SMILES string of the molecule is CC(C)[Si](C(C)C)(C(C)C)n1ccc2c(C(=O)C34CCC(N(Cc5ccccc5)C(=O)OC(C)(C)C)(CC3)CC4)c(Cl)cnc21.CC(C)[Si](C(C)C)(C(C)C)n1ccc2c(C(O)C34CCC(N(Cc5ccccc5)C(=O)OC(C)(C)C)(CC3)CC4)c(Cl)cnc21. The molecule has 16 heteroatoms. The molecule has 6 aromatic rings. The van der Waals surface area contributed by atoms with Crippen LogP contribution >= 0.6 is 23.2 Å². The van der Waals surface area contributed by atoms with E-state index in [1.54, 1.807) is 12.4 Å². The van der Waals surface area contributed by atoms with Crippen LogP contribution in [-0.4, -0.2) is 90.1 Å². The third kappa shape index (κ3) is 12.5. The molecule has 90 heavy (non-hydrogen) atoms. The molecule has 12 rings (SSSR count). The van der Waals surface area contributed by atoms with Crippen LogP contribution in [0.15, 0.2) is 97.6 Å². The molecule has 6 fully saturated rings. The molecule has 0 saturated heterocycles. The topological polar surface area (TPSA) is 132 Å². The van der Waals surface area contributed by atoms with E-state index in [-0.39, 0.29) is 34.5 Å². The number of Topliss-reactive ketones (excluding diaryl/α,β-unsaturated/α-hetero) is 1. The minimum atomic E-state index is -2.08. The van der Waals surface area contributed by atoms with Crippen LogP contribution in [0.1, 0.15) is 235 Å².